The van der Waals surface area contributed by atoms with Crippen LogP contribution in [-0.2, 0) is 0 Å². The van der Waals surface area contributed by atoms with E-state index in [4.69, 9.17) is 0 Å². The van der Waals surface area contributed by atoms with Crippen molar-refractivity contribution in [3.8, 4) is 0 Å². The van der Waals surface area contributed by atoms with Crippen molar-refractivity contribution in [2.75, 3.05) is 7.05 Å². The maximum Gasteiger partial charge on any atom is 0.270 e. The molecule has 1 aromatic carbocycles. The largest absolute Gasteiger partial charge is 0.288 e. The predicted molar refractivity (Wildman–Crippen MR) is 50.7 cm³/mol. The molecule has 0 fully saturated rings. The van der Waals surface area contributed by atoms with Crippen molar-refractivity contribution in [3.05, 3.63) is 42.0 Å². The van der Waals surface area contributed by atoms with Gasteiger partial charge < -0.3 is 0 Å². The van der Waals surface area contributed by atoms with Crippen LogP contribution in [0.2, 0.25) is 0 Å². The van der Waals surface area contributed by atoms with E-state index in [0.29, 0.717) is 5.56 Å². The second-order valence-corrected chi connectivity index (χ2v) is 2.99. The van der Waals surface area contributed by atoms with Gasteiger partial charge in [-0.25, -0.2) is 0 Å². The Morgan fingerprint density at radius 2 is 1.92 bits per heavy atom. The van der Waals surface area contributed by atoms with E-state index in [9.17, 15) is 4.79 Å². The third-order valence-corrected chi connectivity index (χ3v) is 2.16. The highest BCUT2D eigenvalue weighted by Gasteiger charge is 2.21. The summed E-state index contributed by atoms with van der Waals surface area (Å²) in [7, 11) is 1.77. The Morgan fingerprint density at radius 1 is 1.31 bits per heavy atom. The van der Waals surface area contributed by atoms with E-state index >= 15 is 0 Å². The fourth-order valence-electron chi connectivity index (χ4n) is 1.39. The van der Waals surface area contributed by atoms with Gasteiger partial charge in [0, 0.05) is 12.6 Å². The highest BCUT2D eigenvalue weighted by Crippen LogP contribution is 2.22. The van der Waals surface area contributed by atoms with Gasteiger partial charge in [0.15, 0.2) is 0 Å². The normalized spacial score (nSPS) is 15.3. The molecule has 1 aromatic rings. The maximum atomic E-state index is 11.4. The molecule has 1 amide bonds. The lowest BCUT2D eigenvalue weighted by atomic mass is 10.0. The molecular weight excluding hydrogens is 164 g/mol. The molecule has 0 unspecified atom stereocenters. The van der Waals surface area contributed by atoms with Gasteiger partial charge in [0.1, 0.15) is 0 Å². The summed E-state index contributed by atoms with van der Waals surface area (Å²) in [4.78, 5) is 11.4. The Balaban J connectivity index is 2.60. The molecule has 1 aliphatic rings. The van der Waals surface area contributed by atoms with Crippen LogP contribution < -0.4 is 5.43 Å². The lowest BCUT2D eigenvalue weighted by molar-refractivity contribution is 0.0869. The lowest BCUT2D eigenvalue weighted by Crippen LogP contribution is -2.42. The number of nitrogens with one attached hydrogen (secondary N) is 1. The maximum absolute atomic E-state index is 11.4. The van der Waals surface area contributed by atoms with Gasteiger partial charge in [-0.3, -0.25) is 15.2 Å². The van der Waals surface area contributed by atoms with Crippen LogP contribution in [0.4, 0.5) is 0 Å². The first-order valence-electron chi connectivity index (χ1n) is 4.03. The van der Waals surface area contributed by atoms with Gasteiger partial charge in [0.2, 0.25) is 0 Å². The Bertz CT molecular complexity index is 384. The number of rotatable bonds is 0. The van der Waals surface area contributed by atoms with Crippen LogP contribution in [0.3, 0.4) is 0 Å². The van der Waals surface area contributed by atoms with E-state index in [2.05, 4.69) is 12.0 Å². The molecule has 0 aliphatic carbocycles. The zero-order valence-electron chi connectivity index (χ0n) is 7.37. The van der Waals surface area contributed by atoms with Crippen LogP contribution in [0.15, 0.2) is 30.8 Å². The molecule has 1 aliphatic heterocycles. The molecule has 1 heterocycles. The zero-order chi connectivity index (χ0) is 9.42. The SMILES string of the molecule is C=C1c2ccccc2C(=O)NN1C. The summed E-state index contributed by atoms with van der Waals surface area (Å²) in [5.41, 5.74) is 5.08. The van der Waals surface area contributed by atoms with Crippen molar-refractivity contribution in [2.45, 2.75) is 0 Å². The van der Waals surface area contributed by atoms with E-state index < -0.39 is 0 Å². The van der Waals surface area contributed by atoms with Gasteiger partial charge in [-0.1, -0.05) is 24.8 Å². The molecule has 1 N–H and O–H groups in total. The smallest absolute Gasteiger partial charge is 0.270 e. The zero-order valence-corrected chi connectivity index (χ0v) is 7.37. The Kier molecular flexibility index (Phi) is 1.59. The van der Waals surface area contributed by atoms with Crippen LogP contribution in [-0.4, -0.2) is 18.0 Å². The van der Waals surface area contributed by atoms with Gasteiger partial charge in [-0.05, 0) is 6.07 Å². The number of benzene rings is 1. The van der Waals surface area contributed by atoms with E-state index in [1.165, 1.54) is 0 Å². The monoisotopic (exact) mass is 174 g/mol. The second kappa shape index (κ2) is 2.62. The molecule has 66 valence electrons. The van der Waals surface area contributed by atoms with Crippen LogP contribution in [0.5, 0.6) is 0 Å². The fourth-order valence-corrected chi connectivity index (χ4v) is 1.39. The summed E-state index contributed by atoms with van der Waals surface area (Å²) in [6.45, 7) is 3.88. The summed E-state index contributed by atoms with van der Waals surface area (Å²) in [5, 5.41) is 1.63. The Labute approximate surface area is 76.6 Å². The minimum absolute atomic E-state index is 0.0782. The van der Waals surface area contributed by atoms with E-state index in [0.717, 1.165) is 11.3 Å². The van der Waals surface area contributed by atoms with E-state index in [1.807, 2.05) is 18.2 Å². The molecule has 2 rings (SSSR count). The molecule has 3 nitrogen and oxygen atoms in total. The predicted octanol–water partition coefficient (Wildman–Crippen LogP) is 1.25. The van der Waals surface area contributed by atoms with Gasteiger partial charge in [-0.15, -0.1) is 0 Å². The van der Waals surface area contributed by atoms with Crippen LogP contribution in [0.25, 0.3) is 5.70 Å². The van der Waals surface area contributed by atoms with Gasteiger partial charge in [-0.2, -0.15) is 0 Å². The Hall–Kier alpha value is -1.77. The number of fused-ring (bicyclic) bond motifs is 1. The van der Waals surface area contributed by atoms with Gasteiger partial charge >= 0.3 is 0 Å². The molecule has 0 saturated heterocycles. The molecule has 0 aromatic heterocycles. The minimum Gasteiger partial charge on any atom is -0.288 e. The number of hydrogen-bond acceptors (Lipinski definition) is 2. The molecule has 0 spiro atoms. The molecular formula is C10H10N2O. The highest BCUT2D eigenvalue weighted by molar-refractivity contribution is 6.01. The molecule has 0 radical (unpaired) electrons. The first-order chi connectivity index (χ1) is 6.20. The standard InChI is InChI=1S/C10H10N2O/c1-7-8-5-3-4-6-9(8)10(13)11-12(7)2/h3-6H,1H2,2H3,(H,11,13). The number of hydrazine groups is 1. The van der Waals surface area contributed by atoms with Crippen LogP contribution in [0, 0.1) is 0 Å². The van der Waals surface area contributed by atoms with Gasteiger partial charge in [0.25, 0.3) is 5.91 Å². The number of nitrogens with zero attached hydrogens (tertiary/aromatic N) is 1. The summed E-state index contributed by atoms with van der Waals surface area (Å²) in [6.07, 6.45) is 0. The molecule has 3 heteroatoms. The van der Waals surface area contributed by atoms with E-state index in [1.54, 1.807) is 18.1 Å². The van der Waals surface area contributed by atoms with Crippen molar-refractivity contribution >= 4 is 11.6 Å². The minimum atomic E-state index is -0.0782. The third-order valence-electron chi connectivity index (χ3n) is 2.16. The van der Waals surface area contributed by atoms with Crippen molar-refractivity contribution in [3.63, 3.8) is 0 Å². The van der Waals surface area contributed by atoms with Crippen LogP contribution >= 0.6 is 0 Å². The van der Waals surface area contributed by atoms with Crippen molar-refractivity contribution in [1.82, 2.24) is 10.4 Å². The average Bonchev–Trinajstić information content (AvgIpc) is 2.15. The number of hydrogen-bond donors (Lipinski definition) is 1. The average molecular weight is 174 g/mol. The van der Waals surface area contributed by atoms with Crippen LogP contribution in [0.1, 0.15) is 15.9 Å². The third kappa shape index (κ3) is 1.09. The lowest BCUT2D eigenvalue weighted by Gasteiger charge is -2.28. The molecule has 0 atom stereocenters. The van der Waals surface area contributed by atoms with Crippen molar-refractivity contribution in [1.29, 1.82) is 0 Å². The quantitative estimate of drug-likeness (QED) is 0.642. The molecule has 13 heavy (non-hydrogen) atoms. The molecule has 0 bridgehead atoms. The first kappa shape index (κ1) is 7.86. The molecule has 0 saturated carbocycles. The van der Waals surface area contributed by atoms with E-state index in [-0.39, 0.29) is 5.91 Å². The number of amides is 1. The number of carbonyl (C=O) groups is 1. The highest BCUT2D eigenvalue weighted by atomic mass is 16.2. The second-order valence-electron chi connectivity index (χ2n) is 2.99. The summed E-state index contributed by atoms with van der Waals surface area (Å²) in [5.74, 6) is -0.0782. The number of carbonyl (C=O) groups excluding carboxylic acids is 1. The summed E-state index contributed by atoms with van der Waals surface area (Å²) >= 11 is 0. The first-order valence-corrected chi connectivity index (χ1v) is 4.03. The van der Waals surface area contributed by atoms with Crippen molar-refractivity contribution < 1.29 is 4.79 Å². The topological polar surface area (TPSA) is 32.3 Å². The van der Waals surface area contributed by atoms with Gasteiger partial charge in [0.05, 0.1) is 11.3 Å². The van der Waals surface area contributed by atoms with Crippen molar-refractivity contribution in [2.24, 2.45) is 0 Å². The Morgan fingerprint density at radius 3 is 2.62 bits per heavy atom. The fraction of sp³-hybridized carbons (Fsp3) is 0.100. The summed E-state index contributed by atoms with van der Waals surface area (Å²) in [6, 6.07) is 7.43. The summed E-state index contributed by atoms with van der Waals surface area (Å²) < 4.78 is 0.